The van der Waals surface area contributed by atoms with Gasteiger partial charge in [-0.15, -0.1) is 5.10 Å². The standard InChI is InChI=1S/C20H19N5O2.C11H22O2/c1-24-20-14-7-3-2-6-13(14)12-25(18(27)11-10-17(21)26)16-9-5-4-8-15(16)19(20)22-23-24;1-9(2)6-7-13-11(4,5)8-10(3)12/h2-9H,10-12H2,1H3,(H2,21,26);9H,6-8H2,1-5H3. The number of nitrogens with two attached hydrogens (primary N) is 1. The van der Waals surface area contributed by atoms with Crippen LogP contribution in [0.3, 0.4) is 0 Å². The first kappa shape index (κ1) is 30.7. The molecule has 2 N–H and O–H groups in total. The summed E-state index contributed by atoms with van der Waals surface area (Å²) >= 11 is 0. The first-order chi connectivity index (χ1) is 18.9. The number of ether oxygens (including phenoxy) is 1. The number of aryl methyl sites for hydroxylation is 1. The van der Waals surface area contributed by atoms with Gasteiger partial charge in [-0.3, -0.25) is 14.4 Å². The second-order valence-electron chi connectivity index (χ2n) is 11.2. The SMILES string of the molecule is CC(=O)CC(C)(C)OCCC(C)C.Cn1nnc2c1-c1ccccc1CN(C(=O)CCC(N)=O)c1ccccc1-2. The van der Waals surface area contributed by atoms with Gasteiger partial charge in [-0.25, -0.2) is 4.68 Å². The number of aromatic nitrogens is 3. The van der Waals surface area contributed by atoms with E-state index in [1.807, 2.05) is 69.4 Å². The molecule has 1 aliphatic heterocycles. The molecule has 0 saturated carbocycles. The summed E-state index contributed by atoms with van der Waals surface area (Å²) in [6.07, 6.45) is 1.65. The molecule has 0 radical (unpaired) electrons. The van der Waals surface area contributed by atoms with Crippen molar-refractivity contribution in [2.45, 2.75) is 72.4 Å². The largest absolute Gasteiger partial charge is 0.375 e. The molecule has 2 aromatic carbocycles. The molecule has 0 fully saturated rings. The van der Waals surface area contributed by atoms with Crippen LogP contribution < -0.4 is 10.6 Å². The average Bonchev–Trinajstić information content (AvgIpc) is 3.24. The molecule has 40 heavy (non-hydrogen) atoms. The summed E-state index contributed by atoms with van der Waals surface area (Å²) in [4.78, 5) is 36.7. The highest BCUT2D eigenvalue weighted by atomic mass is 16.5. The minimum atomic E-state index is -0.486. The van der Waals surface area contributed by atoms with Crippen molar-refractivity contribution in [3.05, 3.63) is 54.1 Å². The minimum absolute atomic E-state index is 0.0234. The zero-order chi connectivity index (χ0) is 29.4. The molecular weight excluding hydrogens is 506 g/mol. The lowest BCUT2D eigenvalue weighted by atomic mass is 9.95. The number of primary amides is 1. The third-order valence-corrected chi connectivity index (χ3v) is 6.63. The third kappa shape index (κ3) is 8.08. The lowest BCUT2D eigenvalue weighted by Crippen LogP contribution is -2.32. The molecule has 1 aliphatic rings. The Hall–Kier alpha value is -3.85. The van der Waals surface area contributed by atoms with E-state index in [1.54, 1.807) is 16.5 Å². The molecule has 2 heterocycles. The monoisotopic (exact) mass is 547 g/mol. The number of fused-ring (bicyclic) bond motifs is 5. The number of anilines is 1. The van der Waals surface area contributed by atoms with Crippen LogP contribution >= 0.6 is 0 Å². The van der Waals surface area contributed by atoms with Crippen LogP contribution in [0.5, 0.6) is 0 Å². The summed E-state index contributed by atoms with van der Waals surface area (Å²) in [5.74, 6) is 0.214. The highest BCUT2D eigenvalue weighted by Crippen LogP contribution is 2.40. The molecule has 4 rings (SSSR count). The van der Waals surface area contributed by atoms with Gasteiger partial charge in [0.1, 0.15) is 11.5 Å². The van der Waals surface area contributed by atoms with Crippen molar-refractivity contribution in [3.63, 3.8) is 0 Å². The first-order valence-corrected chi connectivity index (χ1v) is 13.7. The van der Waals surface area contributed by atoms with E-state index in [0.717, 1.165) is 46.8 Å². The van der Waals surface area contributed by atoms with Crippen LogP contribution in [0.4, 0.5) is 5.69 Å². The van der Waals surface area contributed by atoms with Crippen LogP contribution in [0, 0.1) is 5.92 Å². The van der Waals surface area contributed by atoms with Gasteiger partial charge in [0.15, 0.2) is 0 Å². The highest BCUT2D eigenvalue weighted by molar-refractivity contribution is 6.01. The third-order valence-electron chi connectivity index (χ3n) is 6.63. The molecule has 0 saturated heterocycles. The predicted octanol–water partition coefficient (Wildman–Crippen LogP) is 5.07. The number of benzene rings is 2. The first-order valence-electron chi connectivity index (χ1n) is 13.7. The number of hydrogen-bond donors (Lipinski definition) is 1. The van der Waals surface area contributed by atoms with Crippen molar-refractivity contribution >= 4 is 23.3 Å². The summed E-state index contributed by atoms with van der Waals surface area (Å²) in [5.41, 5.74) is 10.2. The van der Waals surface area contributed by atoms with E-state index < -0.39 is 5.91 Å². The Balaban J connectivity index is 0.000000289. The molecule has 0 aliphatic carbocycles. The summed E-state index contributed by atoms with van der Waals surface area (Å²) in [6, 6.07) is 15.5. The number of carbonyl (C=O) groups excluding carboxylic acids is 3. The Kier molecular flexibility index (Phi) is 10.3. The van der Waals surface area contributed by atoms with Crippen molar-refractivity contribution in [1.29, 1.82) is 0 Å². The molecule has 3 aromatic rings. The Bertz CT molecular complexity index is 1340. The van der Waals surface area contributed by atoms with Gasteiger partial charge >= 0.3 is 0 Å². The number of para-hydroxylation sites is 1. The van der Waals surface area contributed by atoms with Crippen molar-refractivity contribution in [2.24, 2.45) is 18.7 Å². The van der Waals surface area contributed by atoms with Gasteiger partial charge in [0, 0.05) is 44.0 Å². The van der Waals surface area contributed by atoms with Gasteiger partial charge in [0.05, 0.1) is 23.5 Å². The molecular formula is C31H41N5O4. The van der Waals surface area contributed by atoms with E-state index in [2.05, 4.69) is 24.2 Å². The van der Waals surface area contributed by atoms with Crippen LogP contribution in [0.2, 0.25) is 0 Å². The van der Waals surface area contributed by atoms with Gasteiger partial charge in [0.2, 0.25) is 11.8 Å². The molecule has 2 amide bonds. The Labute approximate surface area is 236 Å². The van der Waals surface area contributed by atoms with Crippen molar-refractivity contribution in [1.82, 2.24) is 15.0 Å². The molecule has 0 unspecified atom stereocenters. The summed E-state index contributed by atoms with van der Waals surface area (Å²) in [5, 5.41) is 8.58. The number of nitrogens with zero attached hydrogens (tertiary/aromatic N) is 4. The van der Waals surface area contributed by atoms with Gasteiger partial charge in [-0.2, -0.15) is 0 Å². The number of rotatable bonds is 9. The summed E-state index contributed by atoms with van der Waals surface area (Å²) < 4.78 is 7.39. The van der Waals surface area contributed by atoms with Crippen LogP contribution in [0.15, 0.2) is 48.5 Å². The van der Waals surface area contributed by atoms with Crippen molar-refractivity contribution < 1.29 is 19.1 Å². The fourth-order valence-corrected chi connectivity index (χ4v) is 4.70. The molecule has 0 spiro atoms. The number of Topliss-reactive ketones (excluding diaryl/α,β-unsaturated/α-hetero) is 1. The van der Waals surface area contributed by atoms with E-state index in [9.17, 15) is 14.4 Å². The van der Waals surface area contributed by atoms with Crippen LogP contribution in [-0.2, 0) is 32.7 Å². The number of carbonyl (C=O) groups is 3. The molecule has 9 nitrogen and oxygen atoms in total. The summed E-state index contributed by atoms with van der Waals surface area (Å²) in [7, 11) is 1.86. The van der Waals surface area contributed by atoms with E-state index in [1.165, 1.54) is 0 Å². The number of ketones is 1. The highest BCUT2D eigenvalue weighted by Gasteiger charge is 2.28. The maximum absolute atomic E-state index is 12.9. The Morgan fingerprint density at radius 3 is 2.33 bits per heavy atom. The zero-order valence-electron chi connectivity index (χ0n) is 24.4. The normalized spacial score (nSPS) is 12.3. The smallest absolute Gasteiger partial charge is 0.227 e. The number of amides is 2. The average molecular weight is 548 g/mol. The van der Waals surface area contributed by atoms with E-state index in [-0.39, 0.29) is 30.1 Å². The lowest BCUT2D eigenvalue weighted by Gasteiger charge is -2.28. The molecule has 9 heteroatoms. The second-order valence-corrected chi connectivity index (χ2v) is 11.2. The molecule has 0 atom stereocenters. The topological polar surface area (TPSA) is 120 Å². The van der Waals surface area contributed by atoms with Gasteiger partial charge in [-0.1, -0.05) is 61.5 Å². The fourth-order valence-electron chi connectivity index (χ4n) is 4.70. The van der Waals surface area contributed by atoms with Crippen LogP contribution in [0.25, 0.3) is 22.5 Å². The maximum Gasteiger partial charge on any atom is 0.227 e. The molecule has 1 aromatic heterocycles. The van der Waals surface area contributed by atoms with Gasteiger partial charge in [-0.05, 0) is 44.7 Å². The molecule has 214 valence electrons. The fraction of sp³-hybridized carbons (Fsp3) is 0.452. The predicted molar refractivity (Wildman–Crippen MR) is 156 cm³/mol. The van der Waals surface area contributed by atoms with Gasteiger partial charge in [0.25, 0.3) is 0 Å². The number of hydrogen-bond acceptors (Lipinski definition) is 6. The maximum atomic E-state index is 12.9. The van der Waals surface area contributed by atoms with E-state index in [0.29, 0.717) is 18.9 Å². The Morgan fingerprint density at radius 1 is 1.02 bits per heavy atom. The zero-order valence-corrected chi connectivity index (χ0v) is 24.4. The summed E-state index contributed by atoms with van der Waals surface area (Å²) in [6.45, 7) is 11.0. The molecule has 0 bridgehead atoms. The van der Waals surface area contributed by atoms with E-state index >= 15 is 0 Å². The van der Waals surface area contributed by atoms with Gasteiger partial charge < -0.3 is 15.4 Å². The quantitative estimate of drug-likeness (QED) is 0.399. The van der Waals surface area contributed by atoms with Crippen LogP contribution in [-0.4, -0.2) is 44.8 Å². The van der Waals surface area contributed by atoms with Crippen molar-refractivity contribution in [2.75, 3.05) is 11.5 Å². The lowest BCUT2D eigenvalue weighted by molar-refractivity contribution is -0.123. The Morgan fingerprint density at radius 2 is 1.68 bits per heavy atom. The second kappa shape index (κ2) is 13.5. The van der Waals surface area contributed by atoms with Crippen LogP contribution in [0.1, 0.15) is 65.9 Å². The van der Waals surface area contributed by atoms with Crippen molar-refractivity contribution in [3.8, 4) is 22.5 Å². The van der Waals surface area contributed by atoms with E-state index in [4.69, 9.17) is 10.5 Å². The minimum Gasteiger partial charge on any atom is -0.375 e.